The molecule has 0 fully saturated rings. The van der Waals surface area contributed by atoms with Gasteiger partial charge in [0, 0.05) is 18.4 Å². The smallest absolute Gasteiger partial charge is 0.167 e. The van der Waals surface area contributed by atoms with Crippen LogP contribution in [0.1, 0.15) is 38.6 Å². The Morgan fingerprint density at radius 3 is 2.69 bits per heavy atom. The van der Waals surface area contributed by atoms with E-state index in [0.717, 1.165) is 18.7 Å². The van der Waals surface area contributed by atoms with Crippen LogP contribution in [0.15, 0.2) is 12.4 Å². The summed E-state index contributed by atoms with van der Waals surface area (Å²) in [5.74, 6) is 0.726. The van der Waals surface area contributed by atoms with Crippen molar-refractivity contribution >= 4 is 17.2 Å². The van der Waals surface area contributed by atoms with E-state index in [2.05, 4.69) is 23.4 Å². The standard InChI is InChI=1S/C9H15N3S/c1-3-7(4-2)12-6-5-11-9(12)8(10)13/h5-7H,3-4H2,1-2H3,(H2,10,13). The molecule has 0 aromatic carbocycles. The van der Waals surface area contributed by atoms with Gasteiger partial charge in [-0.3, -0.25) is 0 Å². The molecule has 0 unspecified atom stereocenters. The summed E-state index contributed by atoms with van der Waals surface area (Å²) < 4.78 is 2.06. The van der Waals surface area contributed by atoms with Crippen LogP contribution in [-0.2, 0) is 0 Å². The largest absolute Gasteiger partial charge is 0.387 e. The first-order valence-electron chi connectivity index (χ1n) is 4.53. The number of thiocarbonyl (C=S) groups is 1. The molecule has 0 aliphatic rings. The summed E-state index contributed by atoms with van der Waals surface area (Å²) in [5, 5.41) is 0. The molecular formula is C9H15N3S. The van der Waals surface area contributed by atoms with E-state index in [4.69, 9.17) is 18.0 Å². The van der Waals surface area contributed by atoms with Gasteiger partial charge in [-0.1, -0.05) is 26.1 Å². The van der Waals surface area contributed by atoms with E-state index < -0.39 is 0 Å². The molecular weight excluding hydrogens is 182 g/mol. The van der Waals surface area contributed by atoms with Crippen LogP contribution in [0.4, 0.5) is 0 Å². The number of nitrogens with zero attached hydrogens (tertiary/aromatic N) is 2. The molecule has 2 N–H and O–H groups in total. The normalized spacial score (nSPS) is 10.7. The van der Waals surface area contributed by atoms with Crippen LogP contribution in [-0.4, -0.2) is 14.5 Å². The third-order valence-electron chi connectivity index (χ3n) is 2.22. The second-order valence-corrected chi connectivity index (χ2v) is 3.43. The molecule has 1 aromatic heterocycles. The van der Waals surface area contributed by atoms with Gasteiger partial charge in [0.25, 0.3) is 0 Å². The minimum Gasteiger partial charge on any atom is -0.387 e. The van der Waals surface area contributed by atoms with Gasteiger partial charge < -0.3 is 10.3 Å². The van der Waals surface area contributed by atoms with E-state index in [0.29, 0.717) is 11.0 Å². The van der Waals surface area contributed by atoms with Gasteiger partial charge in [0.05, 0.1) is 0 Å². The summed E-state index contributed by atoms with van der Waals surface area (Å²) in [5.41, 5.74) is 5.55. The summed E-state index contributed by atoms with van der Waals surface area (Å²) in [6.45, 7) is 4.30. The van der Waals surface area contributed by atoms with Crippen LogP contribution in [0.2, 0.25) is 0 Å². The van der Waals surface area contributed by atoms with Gasteiger partial charge in [-0.15, -0.1) is 0 Å². The van der Waals surface area contributed by atoms with Crippen molar-refractivity contribution in [2.75, 3.05) is 0 Å². The Morgan fingerprint density at radius 2 is 2.23 bits per heavy atom. The number of nitrogens with two attached hydrogens (primary N) is 1. The van der Waals surface area contributed by atoms with E-state index >= 15 is 0 Å². The number of aromatic nitrogens is 2. The van der Waals surface area contributed by atoms with Crippen LogP contribution in [0.3, 0.4) is 0 Å². The van der Waals surface area contributed by atoms with Crippen molar-refractivity contribution in [3.8, 4) is 0 Å². The van der Waals surface area contributed by atoms with Crippen LogP contribution in [0.25, 0.3) is 0 Å². The van der Waals surface area contributed by atoms with Gasteiger partial charge in [0.1, 0.15) is 4.99 Å². The Morgan fingerprint density at radius 1 is 1.62 bits per heavy atom. The van der Waals surface area contributed by atoms with Crippen LogP contribution < -0.4 is 5.73 Å². The predicted octanol–water partition coefficient (Wildman–Crippen LogP) is 1.88. The molecule has 4 heteroatoms. The molecule has 1 heterocycles. The third-order valence-corrected chi connectivity index (χ3v) is 2.41. The molecule has 0 amide bonds. The Balaban J connectivity index is 2.98. The maximum absolute atomic E-state index is 5.55. The van der Waals surface area contributed by atoms with Gasteiger partial charge in [0.2, 0.25) is 0 Å². The number of hydrogen-bond acceptors (Lipinski definition) is 2. The van der Waals surface area contributed by atoms with Crippen LogP contribution >= 0.6 is 12.2 Å². The van der Waals surface area contributed by atoms with Gasteiger partial charge in [-0.25, -0.2) is 4.98 Å². The zero-order valence-electron chi connectivity index (χ0n) is 8.03. The minimum absolute atomic E-state index is 0.372. The summed E-state index contributed by atoms with van der Waals surface area (Å²) in [7, 11) is 0. The molecule has 1 aromatic rings. The van der Waals surface area contributed by atoms with Crippen LogP contribution in [0, 0.1) is 0 Å². The highest BCUT2D eigenvalue weighted by atomic mass is 32.1. The molecule has 0 saturated carbocycles. The lowest BCUT2D eigenvalue weighted by Crippen LogP contribution is -2.19. The highest BCUT2D eigenvalue weighted by Gasteiger charge is 2.11. The lowest BCUT2D eigenvalue weighted by molar-refractivity contribution is 0.469. The van der Waals surface area contributed by atoms with Gasteiger partial charge in [-0.05, 0) is 12.8 Å². The maximum Gasteiger partial charge on any atom is 0.167 e. The van der Waals surface area contributed by atoms with E-state index in [1.807, 2.05) is 6.20 Å². The molecule has 0 aliphatic heterocycles. The van der Waals surface area contributed by atoms with Crippen molar-refractivity contribution in [3.63, 3.8) is 0 Å². The van der Waals surface area contributed by atoms with Crippen LogP contribution in [0.5, 0.6) is 0 Å². The maximum atomic E-state index is 5.55. The van der Waals surface area contributed by atoms with Crippen molar-refractivity contribution in [2.45, 2.75) is 32.7 Å². The van der Waals surface area contributed by atoms with Gasteiger partial charge in [0.15, 0.2) is 5.82 Å². The monoisotopic (exact) mass is 197 g/mol. The number of imidazole rings is 1. The highest BCUT2D eigenvalue weighted by Crippen LogP contribution is 2.16. The Bertz CT molecular complexity index is 289. The molecule has 1 rings (SSSR count). The predicted molar refractivity (Wildman–Crippen MR) is 57.7 cm³/mol. The quantitative estimate of drug-likeness (QED) is 0.749. The SMILES string of the molecule is CCC(CC)n1ccnc1C(N)=S. The van der Waals surface area contributed by atoms with Crippen molar-refractivity contribution in [1.29, 1.82) is 0 Å². The fraction of sp³-hybridized carbons (Fsp3) is 0.556. The first-order chi connectivity index (χ1) is 6.20. The Kier molecular flexibility index (Phi) is 3.42. The van der Waals surface area contributed by atoms with Crippen molar-refractivity contribution in [2.24, 2.45) is 5.73 Å². The molecule has 72 valence electrons. The molecule has 13 heavy (non-hydrogen) atoms. The van der Waals surface area contributed by atoms with Crippen molar-refractivity contribution < 1.29 is 0 Å². The first-order valence-corrected chi connectivity index (χ1v) is 4.94. The van der Waals surface area contributed by atoms with E-state index in [-0.39, 0.29) is 0 Å². The topological polar surface area (TPSA) is 43.8 Å². The first kappa shape index (κ1) is 10.2. The fourth-order valence-corrected chi connectivity index (χ4v) is 1.64. The van der Waals surface area contributed by atoms with E-state index in [1.54, 1.807) is 6.20 Å². The Labute approximate surface area is 84.0 Å². The minimum atomic E-state index is 0.372. The van der Waals surface area contributed by atoms with Gasteiger partial charge >= 0.3 is 0 Å². The van der Waals surface area contributed by atoms with E-state index in [9.17, 15) is 0 Å². The van der Waals surface area contributed by atoms with Crippen molar-refractivity contribution in [1.82, 2.24) is 9.55 Å². The van der Waals surface area contributed by atoms with Gasteiger partial charge in [-0.2, -0.15) is 0 Å². The number of hydrogen-bond donors (Lipinski definition) is 1. The molecule has 0 bridgehead atoms. The molecule has 0 aliphatic carbocycles. The average Bonchev–Trinajstić information content (AvgIpc) is 2.55. The number of rotatable bonds is 4. The zero-order valence-corrected chi connectivity index (χ0v) is 8.84. The highest BCUT2D eigenvalue weighted by molar-refractivity contribution is 7.80. The second kappa shape index (κ2) is 4.37. The zero-order chi connectivity index (χ0) is 9.84. The average molecular weight is 197 g/mol. The molecule has 0 saturated heterocycles. The lowest BCUT2D eigenvalue weighted by atomic mass is 10.1. The molecule has 0 atom stereocenters. The second-order valence-electron chi connectivity index (χ2n) is 2.99. The third kappa shape index (κ3) is 2.06. The fourth-order valence-electron chi connectivity index (χ4n) is 1.48. The summed E-state index contributed by atoms with van der Waals surface area (Å²) in [6.07, 6.45) is 5.82. The summed E-state index contributed by atoms with van der Waals surface area (Å²) in [4.78, 5) is 4.50. The lowest BCUT2D eigenvalue weighted by Gasteiger charge is -2.16. The van der Waals surface area contributed by atoms with Crippen molar-refractivity contribution in [3.05, 3.63) is 18.2 Å². The molecule has 0 radical (unpaired) electrons. The summed E-state index contributed by atoms with van der Waals surface area (Å²) >= 11 is 4.91. The Hall–Kier alpha value is -0.900. The molecule has 0 spiro atoms. The molecule has 3 nitrogen and oxygen atoms in total. The van der Waals surface area contributed by atoms with E-state index in [1.165, 1.54) is 0 Å². The summed E-state index contributed by atoms with van der Waals surface area (Å²) in [6, 6.07) is 0.457.